The number of hydrogen-bond acceptors (Lipinski definition) is 4. The van der Waals surface area contributed by atoms with Crippen molar-refractivity contribution in [1.82, 2.24) is 10.2 Å². The molecule has 9 heteroatoms. The van der Waals surface area contributed by atoms with Crippen LogP contribution in [0.3, 0.4) is 0 Å². The predicted molar refractivity (Wildman–Crippen MR) is 132 cm³/mol. The number of urea groups is 1. The number of nitrogens with zero attached hydrogens (tertiary/aromatic N) is 3. The van der Waals surface area contributed by atoms with Gasteiger partial charge in [0.25, 0.3) is 5.91 Å². The topological polar surface area (TPSA) is 93.2 Å². The molecule has 34 heavy (non-hydrogen) atoms. The van der Waals surface area contributed by atoms with Gasteiger partial charge in [-0.25, -0.2) is 4.79 Å². The quantitative estimate of drug-likeness (QED) is 0.669. The van der Waals surface area contributed by atoms with Gasteiger partial charge in [-0.1, -0.05) is 29.8 Å². The van der Waals surface area contributed by atoms with Crippen molar-refractivity contribution in [3.05, 3.63) is 58.6 Å². The Morgan fingerprint density at radius 2 is 1.85 bits per heavy atom. The zero-order valence-electron chi connectivity index (χ0n) is 19.2. The molecule has 0 aromatic heterocycles. The van der Waals surface area contributed by atoms with Crippen LogP contribution in [0, 0.1) is 0 Å². The monoisotopic (exact) mass is 484 g/mol. The maximum atomic E-state index is 13.7. The third kappa shape index (κ3) is 5.12. The van der Waals surface area contributed by atoms with Crippen molar-refractivity contribution in [1.29, 1.82) is 0 Å². The number of anilines is 2. The van der Waals surface area contributed by atoms with Gasteiger partial charge in [0.1, 0.15) is 0 Å². The summed E-state index contributed by atoms with van der Waals surface area (Å²) in [6.45, 7) is 4.49. The Hall–Kier alpha value is -3.26. The molecule has 4 rings (SSSR count). The Morgan fingerprint density at radius 3 is 2.56 bits per heavy atom. The average molecular weight is 485 g/mol. The second kappa shape index (κ2) is 10.3. The van der Waals surface area contributed by atoms with Crippen LogP contribution >= 0.6 is 11.6 Å². The van der Waals surface area contributed by atoms with E-state index in [0.29, 0.717) is 17.1 Å². The molecule has 2 heterocycles. The molecule has 2 aliphatic rings. The van der Waals surface area contributed by atoms with Crippen LogP contribution in [-0.4, -0.2) is 60.1 Å². The smallest absolute Gasteiger partial charge is 0.318 e. The van der Waals surface area contributed by atoms with Crippen molar-refractivity contribution in [2.45, 2.75) is 38.8 Å². The molecule has 0 aliphatic carbocycles. The lowest BCUT2D eigenvalue weighted by atomic mass is 10.1. The number of hydrogen-bond donors (Lipinski definition) is 2. The number of carbonyl (C=O) groups excluding carboxylic acids is 2. The molecular formula is C25H29ClN4O4. The van der Waals surface area contributed by atoms with Gasteiger partial charge in [0, 0.05) is 50.1 Å². The minimum absolute atomic E-state index is 0.0423. The Morgan fingerprint density at radius 1 is 1.12 bits per heavy atom. The molecule has 0 spiro atoms. The first-order valence-corrected chi connectivity index (χ1v) is 11.9. The Balaban J connectivity index is 1.58. The average Bonchev–Trinajstić information content (AvgIpc) is 3.30. The summed E-state index contributed by atoms with van der Waals surface area (Å²) in [5, 5.41) is 11.9. The van der Waals surface area contributed by atoms with Gasteiger partial charge in [0.15, 0.2) is 0 Å². The Kier molecular flexibility index (Phi) is 7.26. The van der Waals surface area contributed by atoms with E-state index in [4.69, 9.17) is 16.7 Å². The SMILES string of the molecule is C[C@@H]1CN(C(=O)c2ccc(N3CCCC3)cc2Cl)c2ccccc2CN1C(=O)NCCC(=O)O. The van der Waals surface area contributed by atoms with E-state index in [2.05, 4.69) is 10.2 Å². The third-order valence-electron chi connectivity index (χ3n) is 6.38. The zero-order valence-corrected chi connectivity index (χ0v) is 19.9. The molecule has 2 aromatic carbocycles. The van der Waals surface area contributed by atoms with E-state index in [9.17, 15) is 14.4 Å². The number of benzene rings is 2. The van der Waals surface area contributed by atoms with Gasteiger partial charge in [0.05, 0.1) is 17.0 Å². The fourth-order valence-corrected chi connectivity index (χ4v) is 4.80. The molecule has 0 bridgehead atoms. The first kappa shape index (κ1) is 23.9. The number of para-hydroxylation sites is 1. The summed E-state index contributed by atoms with van der Waals surface area (Å²) < 4.78 is 0. The van der Waals surface area contributed by atoms with Crippen LogP contribution in [-0.2, 0) is 11.3 Å². The number of carboxylic acid groups (broad SMARTS) is 1. The molecule has 2 aliphatic heterocycles. The van der Waals surface area contributed by atoms with Gasteiger partial charge in [-0.15, -0.1) is 0 Å². The van der Waals surface area contributed by atoms with Gasteiger partial charge < -0.3 is 25.1 Å². The van der Waals surface area contributed by atoms with Crippen LogP contribution in [0.2, 0.25) is 5.02 Å². The maximum Gasteiger partial charge on any atom is 0.318 e. The van der Waals surface area contributed by atoms with Crippen molar-refractivity contribution in [2.75, 3.05) is 36.0 Å². The number of carboxylic acids is 1. The molecule has 8 nitrogen and oxygen atoms in total. The van der Waals surface area contributed by atoms with Crippen LogP contribution < -0.4 is 15.1 Å². The number of nitrogens with one attached hydrogen (secondary N) is 1. The van der Waals surface area contributed by atoms with Crippen LogP contribution in [0.5, 0.6) is 0 Å². The molecular weight excluding hydrogens is 456 g/mol. The first-order chi connectivity index (χ1) is 16.3. The molecule has 2 N–H and O–H groups in total. The van der Waals surface area contributed by atoms with E-state index in [1.54, 1.807) is 15.9 Å². The zero-order chi connectivity index (χ0) is 24.2. The number of fused-ring (bicyclic) bond motifs is 1. The van der Waals surface area contributed by atoms with Crippen LogP contribution in [0.15, 0.2) is 42.5 Å². The number of halogens is 1. The summed E-state index contributed by atoms with van der Waals surface area (Å²) in [7, 11) is 0. The fourth-order valence-electron chi connectivity index (χ4n) is 4.55. The normalized spacial score (nSPS) is 17.8. The molecule has 0 saturated carbocycles. The number of rotatable bonds is 5. The van der Waals surface area contributed by atoms with Gasteiger partial charge in [0.2, 0.25) is 0 Å². The van der Waals surface area contributed by atoms with Gasteiger partial charge in [-0.05, 0) is 49.6 Å². The second-order valence-electron chi connectivity index (χ2n) is 8.76. The lowest BCUT2D eigenvalue weighted by Crippen LogP contribution is -2.48. The van der Waals surface area contributed by atoms with E-state index in [0.717, 1.165) is 42.9 Å². The van der Waals surface area contributed by atoms with E-state index >= 15 is 0 Å². The molecule has 180 valence electrons. The lowest BCUT2D eigenvalue weighted by molar-refractivity contribution is -0.136. The van der Waals surface area contributed by atoms with Crippen molar-refractivity contribution >= 4 is 40.9 Å². The fraction of sp³-hybridized carbons (Fsp3) is 0.400. The van der Waals surface area contributed by atoms with Crippen LogP contribution in [0.4, 0.5) is 16.2 Å². The minimum atomic E-state index is -0.973. The van der Waals surface area contributed by atoms with Gasteiger partial charge in [-0.3, -0.25) is 9.59 Å². The molecule has 3 amide bonds. The summed E-state index contributed by atoms with van der Waals surface area (Å²) in [5.41, 5.74) is 3.01. The van der Waals surface area contributed by atoms with Crippen LogP contribution in [0.25, 0.3) is 0 Å². The Labute approximate surface area is 204 Å². The van der Waals surface area contributed by atoms with E-state index in [1.807, 2.05) is 43.3 Å². The molecule has 0 radical (unpaired) electrons. The summed E-state index contributed by atoms with van der Waals surface area (Å²) in [6, 6.07) is 12.4. The van der Waals surface area contributed by atoms with E-state index in [-0.39, 0.29) is 37.5 Å². The molecule has 2 aromatic rings. The van der Waals surface area contributed by atoms with Crippen LogP contribution in [0.1, 0.15) is 42.1 Å². The minimum Gasteiger partial charge on any atom is -0.481 e. The maximum absolute atomic E-state index is 13.7. The number of amides is 3. The standard InChI is InChI=1S/C25H29ClN4O4/c1-17-15-30(24(33)20-9-8-19(14-21(20)26)28-12-4-5-13-28)22-7-3-2-6-18(22)16-29(17)25(34)27-11-10-23(31)32/h2-3,6-9,14,17H,4-5,10-13,15-16H2,1H3,(H,27,34)(H,31,32)/t17-/m1/s1. The van der Waals surface area contributed by atoms with Crippen molar-refractivity contribution < 1.29 is 19.5 Å². The van der Waals surface area contributed by atoms with Gasteiger partial charge >= 0.3 is 12.0 Å². The number of carbonyl (C=O) groups is 3. The van der Waals surface area contributed by atoms with Crippen molar-refractivity contribution in [3.8, 4) is 0 Å². The summed E-state index contributed by atoms with van der Waals surface area (Å²) in [4.78, 5) is 42.9. The molecule has 1 fully saturated rings. The third-order valence-corrected chi connectivity index (χ3v) is 6.69. The highest BCUT2D eigenvalue weighted by Gasteiger charge is 2.32. The molecule has 1 saturated heterocycles. The predicted octanol–water partition coefficient (Wildman–Crippen LogP) is 3.98. The largest absolute Gasteiger partial charge is 0.481 e. The number of aliphatic carboxylic acids is 1. The van der Waals surface area contributed by atoms with Gasteiger partial charge in [-0.2, -0.15) is 0 Å². The molecule has 0 unspecified atom stereocenters. The molecule has 1 atom stereocenters. The highest BCUT2D eigenvalue weighted by molar-refractivity contribution is 6.34. The van der Waals surface area contributed by atoms with Crippen molar-refractivity contribution in [3.63, 3.8) is 0 Å². The summed E-state index contributed by atoms with van der Waals surface area (Å²) in [6.07, 6.45) is 2.16. The Bertz CT molecular complexity index is 1090. The summed E-state index contributed by atoms with van der Waals surface area (Å²) in [5.74, 6) is -1.19. The second-order valence-corrected chi connectivity index (χ2v) is 9.16. The highest BCUT2D eigenvalue weighted by Crippen LogP contribution is 2.32. The van der Waals surface area contributed by atoms with Crippen molar-refractivity contribution in [2.24, 2.45) is 0 Å². The first-order valence-electron chi connectivity index (χ1n) is 11.6. The highest BCUT2D eigenvalue weighted by atomic mass is 35.5. The summed E-state index contributed by atoms with van der Waals surface area (Å²) >= 11 is 6.59. The van der Waals surface area contributed by atoms with E-state index in [1.165, 1.54) is 0 Å². The lowest BCUT2D eigenvalue weighted by Gasteiger charge is -2.29. The van der Waals surface area contributed by atoms with E-state index < -0.39 is 5.97 Å².